The number of H-pyrrole nitrogens is 1. The highest BCUT2D eigenvalue weighted by molar-refractivity contribution is 5.85. The molecule has 0 spiro atoms. The van der Waals surface area contributed by atoms with E-state index < -0.39 is 12.3 Å². The molecule has 0 saturated carbocycles. The van der Waals surface area contributed by atoms with E-state index in [1.165, 1.54) is 16.8 Å². The Kier molecular flexibility index (Phi) is 8.99. The summed E-state index contributed by atoms with van der Waals surface area (Å²) < 4.78 is 5.77. The molecule has 0 fully saturated rings. The van der Waals surface area contributed by atoms with Gasteiger partial charge in [0.15, 0.2) is 0 Å². The number of nitrogens with one attached hydrogen (secondary N) is 3. The smallest absolute Gasteiger partial charge is 0.490 e. The van der Waals surface area contributed by atoms with Crippen LogP contribution in [0.25, 0.3) is 10.9 Å². The van der Waals surface area contributed by atoms with Crippen LogP contribution in [0.1, 0.15) is 11.1 Å². The molecule has 162 valence electrons. The maximum absolute atomic E-state index is 10.1. The number of para-hydroxylation sites is 1. The molecule has 3 aromatic rings. The van der Waals surface area contributed by atoms with Crippen LogP contribution in [0.4, 0.5) is 10.5 Å². The molecule has 0 saturated heterocycles. The van der Waals surface area contributed by atoms with Crippen molar-refractivity contribution in [3.8, 4) is 5.75 Å². The minimum absolute atomic E-state index is 0.265. The predicted molar refractivity (Wildman–Crippen MR) is 118 cm³/mol. The van der Waals surface area contributed by atoms with Crippen LogP contribution in [0.2, 0.25) is 0 Å². The Morgan fingerprint density at radius 3 is 2.43 bits per heavy atom. The van der Waals surface area contributed by atoms with Crippen LogP contribution in [-0.4, -0.2) is 58.8 Å². The zero-order valence-electron chi connectivity index (χ0n) is 17.2. The molecule has 1 aromatic heterocycles. The number of aliphatic hydroxyl groups excluding tert-OH is 1. The van der Waals surface area contributed by atoms with Crippen LogP contribution in [0.15, 0.2) is 48.7 Å². The Balaban J connectivity index is 0.000000735. The molecule has 1 unspecified atom stereocenters. The summed E-state index contributed by atoms with van der Waals surface area (Å²) in [6, 6.07) is 14.1. The summed E-state index contributed by atoms with van der Waals surface area (Å²) in [7, 11) is 0. The molecule has 2 aromatic carbocycles. The summed E-state index contributed by atoms with van der Waals surface area (Å²) in [6.45, 7) is 6.56. The molecule has 6 N–H and O–H groups in total. The van der Waals surface area contributed by atoms with Crippen molar-refractivity contribution >= 4 is 22.7 Å². The summed E-state index contributed by atoms with van der Waals surface area (Å²) in [4.78, 5) is 11.7. The number of ether oxygens (including phenoxy) is 1. The van der Waals surface area contributed by atoms with E-state index in [1.54, 1.807) is 0 Å². The maximum atomic E-state index is 10.1. The third-order valence-corrected chi connectivity index (χ3v) is 4.45. The van der Waals surface area contributed by atoms with Crippen LogP contribution >= 0.6 is 0 Å². The Bertz CT molecular complexity index is 917. The number of carbonyl (C=O) groups is 1. The van der Waals surface area contributed by atoms with E-state index in [0.29, 0.717) is 6.54 Å². The van der Waals surface area contributed by atoms with E-state index in [-0.39, 0.29) is 6.61 Å². The molecular weight excluding hydrogens is 386 g/mol. The first kappa shape index (κ1) is 23.1. The fourth-order valence-electron chi connectivity index (χ4n) is 3.07. The molecule has 1 atom stereocenters. The normalized spacial score (nSPS) is 11.4. The van der Waals surface area contributed by atoms with Crippen molar-refractivity contribution in [2.24, 2.45) is 0 Å². The third kappa shape index (κ3) is 7.31. The molecule has 0 radical (unpaired) electrons. The molecule has 0 aliphatic rings. The van der Waals surface area contributed by atoms with Crippen molar-refractivity contribution < 1.29 is 24.9 Å². The van der Waals surface area contributed by atoms with Crippen LogP contribution in [0.3, 0.4) is 0 Å². The van der Waals surface area contributed by atoms with Gasteiger partial charge in [-0.25, -0.2) is 4.79 Å². The molecular formula is C22H29N3O5. The lowest BCUT2D eigenvalue weighted by atomic mass is 10.1. The predicted octanol–water partition coefficient (Wildman–Crippen LogP) is 3.45. The maximum Gasteiger partial charge on any atom is 0.503 e. The summed E-state index contributed by atoms with van der Waals surface area (Å²) in [5.74, 6) is 0.791. The number of rotatable bonds is 9. The SMILES string of the molecule is Cc1cccc(C)c1NCCNCC(O)COc1cccc2[nH]ccc12.O=C(O)O. The van der Waals surface area contributed by atoms with Crippen LogP contribution in [-0.2, 0) is 0 Å². The van der Waals surface area contributed by atoms with Crippen LogP contribution in [0, 0.1) is 13.8 Å². The van der Waals surface area contributed by atoms with Crippen molar-refractivity contribution in [1.82, 2.24) is 10.3 Å². The molecule has 3 rings (SSSR count). The largest absolute Gasteiger partial charge is 0.503 e. The summed E-state index contributed by atoms with van der Waals surface area (Å²) in [5.41, 5.74) is 4.72. The van der Waals surface area contributed by atoms with Gasteiger partial charge in [0.1, 0.15) is 18.5 Å². The van der Waals surface area contributed by atoms with Gasteiger partial charge in [-0.2, -0.15) is 0 Å². The highest BCUT2D eigenvalue weighted by Crippen LogP contribution is 2.24. The van der Waals surface area contributed by atoms with E-state index in [9.17, 15) is 5.11 Å². The molecule has 0 amide bonds. The molecule has 0 aliphatic heterocycles. The van der Waals surface area contributed by atoms with Gasteiger partial charge < -0.3 is 35.7 Å². The number of hydrogen-bond donors (Lipinski definition) is 6. The molecule has 8 nitrogen and oxygen atoms in total. The van der Waals surface area contributed by atoms with Crippen molar-refractivity contribution in [3.63, 3.8) is 0 Å². The quantitative estimate of drug-likeness (QED) is 0.296. The van der Waals surface area contributed by atoms with Gasteiger partial charge in [-0.15, -0.1) is 0 Å². The average Bonchev–Trinajstić information content (AvgIpc) is 3.17. The van der Waals surface area contributed by atoms with Gasteiger partial charge >= 0.3 is 6.16 Å². The monoisotopic (exact) mass is 415 g/mol. The first-order chi connectivity index (χ1) is 14.4. The van der Waals surface area contributed by atoms with Crippen molar-refractivity contribution in [2.45, 2.75) is 20.0 Å². The molecule has 30 heavy (non-hydrogen) atoms. The number of aryl methyl sites for hydroxylation is 2. The van der Waals surface area contributed by atoms with Crippen molar-refractivity contribution in [2.75, 3.05) is 31.6 Å². The first-order valence-corrected chi connectivity index (χ1v) is 9.68. The number of aromatic amines is 1. The minimum atomic E-state index is -1.83. The number of aromatic nitrogens is 1. The minimum Gasteiger partial charge on any atom is -0.490 e. The van der Waals surface area contributed by atoms with Gasteiger partial charge in [0.05, 0.1) is 0 Å². The Morgan fingerprint density at radius 2 is 1.73 bits per heavy atom. The second-order valence-corrected chi connectivity index (χ2v) is 6.84. The summed E-state index contributed by atoms with van der Waals surface area (Å²) >= 11 is 0. The molecule has 0 aliphatic carbocycles. The Morgan fingerprint density at radius 1 is 1.07 bits per heavy atom. The topological polar surface area (TPSA) is 127 Å². The lowest BCUT2D eigenvalue weighted by Crippen LogP contribution is -2.34. The van der Waals surface area contributed by atoms with E-state index in [1.807, 2.05) is 30.5 Å². The lowest BCUT2D eigenvalue weighted by molar-refractivity contribution is 0.107. The highest BCUT2D eigenvalue weighted by Gasteiger charge is 2.08. The first-order valence-electron chi connectivity index (χ1n) is 9.68. The number of benzene rings is 2. The van der Waals surface area contributed by atoms with Gasteiger partial charge in [0.2, 0.25) is 0 Å². The van der Waals surface area contributed by atoms with Gasteiger partial charge in [-0.1, -0.05) is 24.3 Å². The Labute approximate surface area is 175 Å². The zero-order chi connectivity index (χ0) is 21.9. The van der Waals surface area contributed by atoms with E-state index >= 15 is 0 Å². The number of hydrogen-bond acceptors (Lipinski definition) is 5. The average molecular weight is 415 g/mol. The fourth-order valence-corrected chi connectivity index (χ4v) is 3.07. The second-order valence-electron chi connectivity index (χ2n) is 6.84. The van der Waals surface area contributed by atoms with E-state index in [2.05, 4.69) is 47.7 Å². The Hall–Kier alpha value is -3.23. The second kappa shape index (κ2) is 11.7. The van der Waals surface area contributed by atoms with Crippen molar-refractivity contribution in [3.05, 3.63) is 59.8 Å². The lowest BCUT2D eigenvalue weighted by Gasteiger charge is -2.15. The van der Waals surface area contributed by atoms with Gasteiger partial charge in [-0.3, -0.25) is 0 Å². The van der Waals surface area contributed by atoms with Gasteiger partial charge in [-0.05, 0) is 43.2 Å². The van der Waals surface area contributed by atoms with Crippen molar-refractivity contribution in [1.29, 1.82) is 0 Å². The number of anilines is 1. The van der Waals surface area contributed by atoms with Gasteiger partial charge in [0.25, 0.3) is 0 Å². The number of carboxylic acid groups (broad SMARTS) is 2. The van der Waals surface area contributed by atoms with E-state index in [4.69, 9.17) is 19.7 Å². The number of fused-ring (bicyclic) bond motifs is 1. The zero-order valence-corrected chi connectivity index (χ0v) is 17.2. The van der Waals surface area contributed by atoms with E-state index in [0.717, 1.165) is 29.7 Å². The van der Waals surface area contributed by atoms with Crippen LogP contribution < -0.4 is 15.4 Å². The summed E-state index contributed by atoms with van der Waals surface area (Å²) in [5, 5.41) is 31.8. The molecule has 0 bridgehead atoms. The number of aliphatic hydroxyl groups is 1. The fraction of sp³-hybridized carbons (Fsp3) is 0.318. The standard InChI is InChI=1S/C21H27N3O2.CH2O3/c1-15-5-3-6-16(2)21(15)24-12-11-22-13-17(25)14-26-20-8-4-7-19-18(20)9-10-23-19;2-1(3)4/h3-10,17,22-25H,11-14H2,1-2H3;(H2,2,3,4). The third-order valence-electron chi connectivity index (χ3n) is 4.45. The highest BCUT2D eigenvalue weighted by atomic mass is 16.6. The molecule has 1 heterocycles. The van der Waals surface area contributed by atoms with Crippen LogP contribution in [0.5, 0.6) is 5.75 Å². The summed E-state index contributed by atoms with van der Waals surface area (Å²) in [6.07, 6.45) is -0.497. The molecule has 8 heteroatoms. The van der Waals surface area contributed by atoms with Gasteiger partial charge in [0, 0.05) is 42.4 Å².